The Balaban J connectivity index is 1.08. The van der Waals surface area contributed by atoms with E-state index in [0.29, 0.717) is 0 Å². The van der Waals surface area contributed by atoms with Crippen molar-refractivity contribution in [2.45, 2.75) is 52.4 Å². The molecular formula is C66H54N2. The SMILES string of the molecule is CC(C)(C)c1ccc2c(c1)c1cc(C(C)(C)C)ccc1n2-c1ccc2ccc3c(N(c4ccc(-c5ccccc5)cc4)c4ccccc4-c4ccc(-c5ccccc5)cc4)ccc4ccc1c2c43. The van der Waals surface area contributed by atoms with Gasteiger partial charge in [-0.05, 0) is 126 Å². The van der Waals surface area contributed by atoms with Crippen molar-refractivity contribution in [3.63, 3.8) is 0 Å². The molecule has 0 radical (unpaired) electrons. The Hall–Kier alpha value is -7.94. The molecule has 11 aromatic carbocycles. The van der Waals surface area contributed by atoms with Gasteiger partial charge in [0.2, 0.25) is 0 Å². The third-order valence-corrected chi connectivity index (χ3v) is 14.3. The molecule has 1 aromatic heterocycles. The van der Waals surface area contributed by atoms with E-state index in [2.05, 4.69) is 269 Å². The normalized spacial score (nSPS) is 12.3. The minimum absolute atomic E-state index is 0.0281. The highest BCUT2D eigenvalue weighted by atomic mass is 15.1. The second-order valence-corrected chi connectivity index (χ2v) is 20.6. The van der Waals surface area contributed by atoms with Crippen molar-refractivity contribution >= 4 is 71.2 Å². The number of hydrogen-bond acceptors (Lipinski definition) is 1. The lowest BCUT2D eigenvalue weighted by atomic mass is 9.85. The van der Waals surface area contributed by atoms with Crippen LogP contribution in [0.4, 0.5) is 17.1 Å². The molecule has 0 fully saturated rings. The maximum Gasteiger partial charge on any atom is 0.0541 e. The first kappa shape index (κ1) is 41.5. The van der Waals surface area contributed by atoms with Gasteiger partial charge in [-0.1, -0.05) is 205 Å². The van der Waals surface area contributed by atoms with Gasteiger partial charge in [0.05, 0.1) is 28.1 Å². The first-order valence-corrected chi connectivity index (χ1v) is 24.0. The number of hydrogen-bond donors (Lipinski definition) is 0. The summed E-state index contributed by atoms with van der Waals surface area (Å²) in [6.07, 6.45) is 0. The number of fused-ring (bicyclic) bond motifs is 3. The molecule has 0 aliphatic rings. The fraction of sp³-hybridized carbons (Fsp3) is 0.121. The van der Waals surface area contributed by atoms with E-state index < -0.39 is 0 Å². The molecule has 12 rings (SSSR count). The Bertz CT molecular complexity index is 3750. The fourth-order valence-electron chi connectivity index (χ4n) is 10.6. The molecule has 1 heterocycles. The predicted molar refractivity (Wildman–Crippen MR) is 293 cm³/mol. The first-order chi connectivity index (χ1) is 33.0. The van der Waals surface area contributed by atoms with Crippen molar-refractivity contribution in [3.8, 4) is 39.1 Å². The Morgan fingerprint density at radius 3 is 1.37 bits per heavy atom. The van der Waals surface area contributed by atoms with Gasteiger partial charge in [0.1, 0.15) is 0 Å². The molecule has 0 amide bonds. The van der Waals surface area contributed by atoms with Gasteiger partial charge in [-0.2, -0.15) is 0 Å². The summed E-state index contributed by atoms with van der Waals surface area (Å²) >= 11 is 0. The van der Waals surface area contributed by atoms with E-state index in [1.54, 1.807) is 0 Å². The molecule has 0 unspecified atom stereocenters. The summed E-state index contributed by atoms with van der Waals surface area (Å²) in [7, 11) is 0. The Labute approximate surface area is 399 Å². The largest absolute Gasteiger partial charge is 0.309 e. The van der Waals surface area contributed by atoms with Crippen LogP contribution < -0.4 is 4.90 Å². The van der Waals surface area contributed by atoms with Crippen LogP contribution in [0.1, 0.15) is 52.7 Å². The molecule has 0 spiro atoms. The van der Waals surface area contributed by atoms with Crippen LogP contribution in [0.3, 0.4) is 0 Å². The summed E-state index contributed by atoms with van der Waals surface area (Å²) in [4.78, 5) is 2.48. The topological polar surface area (TPSA) is 8.17 Å². The Morgan fingerprint density at radius 2 is 0.794 bits per heavy atom. The smallest absolute Gasteiger partial charge is 0.0541 e. The highest BCUT2D eigenvalue weighted by Gasteiger charge is 2.25. The zero-order chi connectivity index (χ0) is 46.3. The third-order valence-electron chi connectivity index (χ3n) is 14.3. The Morgan fingerprint density at radius 1 is 0.338 bits per heavy atom. The van der Waals surface area contributed by atoms with Crippen LogP contribution in [-0.2, 0) is 10.8 Å². The number of aromatic nitrogens is 1. The molecule has 0 bridgehead atoms. The van der Waals surface area contributed by atoms with Crippen molar-refractivity contribution in [1.29, 1.82) is 0 Å². The molecule has 0 saturated carbocycles. The molecule has 328 valence electrons. The van der Waals surface area contributed by atoms with E-state index >= 15 is 0 Å². The monoisotopic (exact) mass is 874 g/mol. The number of nitrogens with zero attached hydrogens (tertiary/aromatic N) is 2. The average molecular weight is 875 g/mol. The zero-order valence-corrected chi connectivity index (χ0v) is 39.7. The Kier molecular flexibility index (Phi) is 9.67. The highest BCUT2D eigenvalue weighted by molar-refractivity contribution is 6.27. The van der Waals surface area contributed by atoms with E-state index in [1.807, 2.05) is 0 Å². The number of para-hydroxylation sites is 1. The lowest BCUT2D eigenvalue weighted by Gasteiger charge is -2.30. The molecule has 0 atom stereocenters. The minimum atomic E-state index is 0.0281. The van der Waals surface area contributed by atoms with E-state index in [9.17, 15) is 0 Å². The van der Waals surface area contributed by atoms with Crippen LogP contribution in [0, 0.1) is 0 Å². The number of rotatable bonds is 7. The summed E-state index contributed by atoms with van der Waals surface area (Å²) in [5, 5.41) is 10.1. The predicted octanol–water partition coefficient (Wildman–Crippen LogP) is 18.7. The molecule has 0 aliphatic carbocycles. The molecule has 0 saturated heterocycles. The van der Waals surface area contributed by atoms with Crippen molar-refractivity contribution < 1.29 is 0 Å². The van der Waals surface area contributed by atoms with Gasteiger partial charge >= 0.3 is 0 Å². The van der Waals surface area contributed by atoms with Crippen LogP contribution in [0.2, 0.25) is 0 Å². The maximum atomic E-state index is 2.52. The van der Waals surface area contributed by atoms with Crippen LogP contribution in [0.25, 0.3) is 93.2 Å². The summed E-state index contributed by atoms with van der Waals surface area (Å²) < 4.78 is 2.52. The molecule has 0 N–H and O–H groups in total. The van der Waals surface area contributed by atoms with Gasteiger partial charge in [0.25, 0.3) is 0 Å². The van der Waals surface area contributed by atoms with Crippen LogP contribution >= 0.6 is 0 Å². The van der Waals surface area contributed by atoms with E-state index in [0.717, 1.165) is 17.1 Å². The van der Waals surface area contributed by atoms with Gasteiger partial charge in [-0.3, -0.25) is 0 Å². The highest BCUT2D eigenvalue weighted by Crippen LogP contribution is 2.48. The molecule has 0 aliphatic heterocycles. The second-order valence-electron chi connectivity index (χ2n) is 20.6. The lowest BCUT2D eigenvalue weighted by molar-refractivity contribution is 0.590. The number of benzene rings is 11. The molecule has 2 heteroatoms. The van der Waals surface area contributed by atoms with Crippen molar-refractivity contribution in [1.82, 2.24) is 4.57 Å². The maximum absolute atomic E-state index is 2.52. The van der Waals surface area contributed by atoms with Crippen LogP contribution in [0.5, 0.6) is 0 Å². The van der Waals surface area contributed by atoms with Gasteiger partial charge in [0, 0.05) is 32.8 Å². The molecule has 12 aromatic rings. The van der Waals surface area contributed by atoms with Gasteiger partial charge < -0.3 is 9.47 Å². The van der Waals surface area contributed by atoms with E-state index in [4.69, 9.17) is 0 Å². The van der Waals surface area contributed by atoms with Crippen LogP contribution in [-0.4, -0.2) is 4.57 Å². The minimum Gasteiger partial charge on any atom is -0.309 e. The summed E-state index contributed by atoms with van der Waals surface area (Å²) in [5.41, 5.74) is 16.9. The molecular weight excluding hydrogens is 821 g/mol. The molecule has 2 nitrogen and oxygen atoms in total. The number of anilines is 3. The quantitative estimate of drug-likeness (QED) is 0.145. The van der Waals surface area contributed by atoms with E-state index in [-0.39, 0.29) is 10.8 Å². The van der Waals surface area contributed by atoms with Crippen molar-refractivity contribution in [2.75, 3.05) is 4.90 Å². The van der Waals surface area contributed by atoms with Crippen molar-refractivity contribution in [2.24, 2.45) is 0 Å². The summed E-state index contributed by atoms with van der Waals surface area (Å²) in [6, 6.07) is 81.3. The first-order valence-electron chi connectivity index (χ1n) is 24.0. The summed E-state index contributed by atoms with van der Waals surface area (Å²) in [5.74, 6) is 0. The van der Waals surface area contributed by atoms with Gasteiger partial charge in [-0.15, -0.1) is 0 Å². The van der Waals surface area contributed by atoms with Crippen molar-refractivity contribution in [3.05, 3.63) is 230 Å². The standard InChI is InChI=1S/C66H54N2/c1-65(2,3)50-31-39-61-56(41-50)57-42-51(66(4,5)6)32-40-62(57)68(61)60-38-30-49-27-35-54-59(37-29-48-28-36-55(60)64(49)63(48)54)67(52-33-25-46(26-34-52)44-17-11-8-12-18-44)58-20-14-13-19-53(58)47-23-21-45(22-24-47)43-15-9-7-10-16-43/h7-42H,1-6H3. The zero-order valence-electron chi connectivity index (χ0n) is 39.7. The second kappa shape index (κ2) is 15.9. The average Bonchev–Trinajstić information content (AvgIpc) is 3.69. The van der Waals surface area contributed by atoms with E-state index in [1.165, 1.54) is 104 Å². The molecule has 68 heavy (non-hydrogen) atoms. The summed E-state index contributed by atoms with van der Waals surface area (Å²) in [6.45, 7) is 13.9. The van der Waals surface area contributed by atoms with Gasteiger partial charge in [-0.25, -0.2) is 0 Å². The lowest BCUT2D eigenvalue weighted by Crippen LogP contribution is -2.12. The fourth-order valence-corrected chi connectivity index (χ4v) is 10.6. The third kappa shape index (κ3) is 6.94. The van der Waals surface area contributed by atoms with Gasteiger partial charge in [0.15, 0.2) is 0 Å². The van der Waals surface area contributed by atoms with Crippen LogP contribution in [0.15, 0.2) is 218 Å².